The summed E-state index contributed by atoms with van der Waals surface area (Å²) in [4.78, 5) is 12.7. The van der Waals surface area contributed by atoms with Crippen LogP contribution in [0.5, 0.6) is 0 Å². The minimum atomic E-state index is -3.50. The maximum Gasteiger partial charge on any atom is 0.407 e. The summed E-state index contributed by atoms with van der Waals surface area (Å²) in [6, 6.07) is -0.236. The molecule has 1 aliphatic rings. The van der Waals surface area contributed by atoms with Gasteiger partial charge in [0.25, 0.3) is 10.1 Å². The summed E-state index contributed by atoms with van der Waals surface area (Å²) in [5.41, 5.74) is -0.260. The summed E-state index contributed by atoms with van der Waals surface area (Å²) >= 11 is 0. The van der Waals surface area contributed by atoms with Gasteiger partial charge in [0.15, 0.2) is 0 Å². The predicted octanol–water partition coefficient (Wildman–Crippen LogP) is 1.77. The van der Waals surface area contributed by atoms with Gasteiger partial charge in [-0.3, -0.25) is 4.18 Å². The fourth-order valence-electron chi connectivity index (χ4n) is 2.85. The molecule has 1 heterocycles. The first-order valence-corrected chi connectivity index (χ1v) is 8.18. The van der Waals surface area contributed by atoms with Crippen LogP contribution < -0.4 is 0 Å². The second kappa shape index (κ2) is 5.66. The van der Waals surface area contributed by atoms with Crippen molar-refractivity contribution in [3.05, 3.63) is 0 Å². The summed E-state index contributed by atoms with van der Waals surface area (Å²) in [5, 5.41) is 9.28. The Morgan fingerprint density at radius 2 is 2.00 bits per heavy atom. The van der Waals surface area contributed by atoms with Crippen molar-refractivity contribution in [2.45, 2.75) is 39.7 Å². The van der Waals surface area contributed by atoms with E-state index in [2.05, 4.69) is 0 Å². The van der Waals surface area contributed by atoms with E-state index in [-0.39, 0.29) is 24.0 Å². The van der Waals surface area contributed by atoms with Crippen LogP contribution in [0.25, 0.3) is 0 Å². The van der Waals surface area contributed by atoms with Gasteiger partial charge in [-0.1, -0.05) is 20.8 Å². The molecule has 1 N–H and O–H groups in total. The van der Waals surface area contributed by atoms with E-state index in [1.165, 1.54) is 4.90 Å². The number of hydrogen-bond donors (Lipinski definition) is 1. The van der Waals surface area contributed by atoms with Crippen LogP contribution in [0.4, 0.5) is 4.79 Å². The Kier molecular flexibility index (Phi) is 4.84. The largest absolute Gasteiger partial charge is 0.465 e. The normalized spacial score (nSPS) is 25.4. The number of amides is 1. The monoisotopic (exact) mass is 293 g/mol. The van der Waals surface area contributed by atoms with Gasteiger partial charge in [-0.2, -0.15) is 8.42 Å². The van der Waals surface area contributed by atoms with E-state index < -0.39 is 16.2 Å². The highest BCUT2D eigenvalue weighted by Crippen LogP contribution is 2.36. The lowest BCUT2D eigenvalue weighted by atomic mass is 9.74. The zero-order chi connectivity index (χ0) is 14.8. The molecule has 1 fully saturated rings. The zero-order valence-electron chi connectivity index (χ0n) is 11.9. The summed E-state index contributed by atoms with van der Waals surface area (Å²) in [7, 11) is -3.50. The maximum absolute atomic E-state index is 11.3. The predicted molar refractivity (Wildman–Crippen MR) is 71.5 cm³/mol. The van der Waals surface area contributed by atoms with E-state index in [4.69, 9.17) is 4.18 Å². The fraction of sp³-hybridized carbons (Fsp3) is 0.917. The van der Waals surface area contributed by atoms with Crippen LogP contribution in [-0.4, -0.2) is 50.0 Å². The highest BCUT2D eigenvalue weighted by Gasteiger charge is 2.42. The van der Waals surface area contributed by atoms with Gasteiger partial charge in [0.05, 0.1) is 12.9 Å². The average Bonchev–Trinajstić information content (AvgIpc) is 2.23. The number of nitrogens with zero attached hydrogens (tertiary/aromatic N) is 1. The second-order valence-electron chi connectivity index (χ2n) is 6.18. The third-order valence-corrected chi connectivity index (χ3v) is 3.95. The summed E-state index contributed by atoms with van der Waals surface area (Å²) < 4.78 is 27.1. The average molecular weight is 293 g/mol. The van der Waals surface area contributed by atoms with Gasteiger partial charge in [-0.25, -0.2) is 4.79 Å². The first kappa shape index (κ1) is 16.2. The van der Waals surface area contributed by atoms with Crippen molar-refractivity contribution in [3.63, 3.8) is 0 Å². The molecule has 1 rings (SSSR count). The van der Waals surface area contributed by atoms with Crippen molar-refractivity contribution in [1.29, 1.82) is 0 Å². The molecule has 2 atom stereocenters. The third-order valence-electron chi connectivity index (χ3n) is 3.39. The van der Waals surface area contributed by atoms with Gasteiger partial charge < -0.3 is 10.0 Å². The Morgan fingerprint density at radius 1 is 1.42 bits per heavy atom. The van der Waals surface area contributed by atoms with E-state index in [0.717, 1.165) is 19.1 Å². The van der Waals surface area contributed by atoms with E-state index in [0.29, 0.717) is 6.54 Å². The topological polar surface area (TPSA) is 83.9 Å². The van der Waals surface area contributed by atoms with Crippen LogP contribution in [-0.2, 0) is 14.3 Å². The molecule has 1 amide bonds. The molecular formula is C12H23NO5S. The lowest BCUT2D eigenvalue weighted by molar-refractivity contribution is 0.00785. The molecular weight excluding hydrogens is 270 g/mol. The van der Waals surface area contributed by atoms with Gasteiger partial charge in [0, 0.05) is 18.5 Å². The van der Waals surface area contributed by atoms with Gasteiger partial charge >= 0.3 is 6.09 Å². The molecule has 6 nitrogen and oxygen atoms in total. The Labute approximate surface area is 114 Å². The minimum absolute atomic E-state index is 0.0462. The number of hydrogen-bond acceptors (Lipinski definition) is 4. The molecule has 1 saturated heterocycles. The van der Waals surface area contributed by atoms with Gasteiger partial charge in [0.2, 0.25) is 0 Å². The Bertz CT molecular complexity index is 426. The lowest BCUT2D eigenvalue weighted by Crippen LogP contribution is -2.55. The molecule has 0 saturated carbocycles. The highest BCUT2D eigenvalue weighted by atomic mass is 32.2. The van der Waals surface area contributed by atoms with Gasteiger partial charge in [-0.05, 0) is 18.3 Å². The lowest BCUT2D eigenvalue weighted by Gasteiger charge is -2.46. The van der Waals surface area contributed by atoms with Crippen LogP contribution in [0.1, 0.15) is 33.6 Å². The minimum Gasteiger partial charge on any atom is -0.465 e. The molecule has 0 aromatic carbocycles. The molecule has 112 valence electrons. The third kappa shape index (κ3) is 4.65. The maximum atomic E-state index is 11.3. The number of carboxylic acid groups (broad SMARTS) is 1. The summed E-state index contributed by atoms with van der Waals surface area (Å²) in [6.45, 7) is 6.43. The van der Waals surface area contributed by atoms with Crippen LogP contribution in [0, 0.1) is 11.3 Å². The van der Waals surface area contributed by atoms with E-state index in [1.807, 2.05) is 20.8 Å². The number of rotatable bonds is 3. The van der Waals surface area contributed by atoms with Crippen molar-refractivity contribution in [2.24, 2.45) is 11.3 Å². The zero-order valence-corrected chi connectivity index (χ0v) is 12.7. The van der Waals surface area contributed by atoms with E-state index in [9.17, 15) is 18.3 Å². The number of likely N-dealkylation sites (tertiary alicyclic amines) is 1. The SMILES string of the molecule is CC(C)(C)C1[C@@H](COS(C)(=O)=O)CCCN1C(=O)O. The van der Waals surface area contributed by atoms with Crippen molar-refractivity contribution in [1.82, 2.24) is 4.90 Å². The fourth-order valence-corrected chi connectivity index (χ4v) is 3.27. The van der Waals surface area contributed by atoms with E-state index >= 15 is 0 Å². The molecule has 0 spiro atoms. The molecule has 19 heavy (non-hydrogen) atoms. The van der Waals surface area contributed by atoms with Gasteiger partial charge in [-0.15, -0.1) is 0 Å². The molecule has 7 heteroatoms. The van der Waals surface area contributed by atoms with Crippen molar-refractivity contribution in [2.75, 3.05) is 19.4 Å². The first-order chi connectivity index (χ1) is 8.52. The molecule has 0 radical (unpaired) electrons. The Balaban J connectivity index is 2.90. The Morgan fingerprint density at radius 3 is 2.42 bits per heavy atom. The number of carbonyl (C=O) groups is 1. The highest BCUT2D eigenvalue weighted by molar-refractivity contribution is 7.85. The van der Waals surface area contributed by atoms with E-state index in [1.54, 1.807) is 0 Å². The van der Waals surface area contributed by atoms with Crippen molar-refractivity contribution >= 4 is 16.2 Å². The van der Waals surface area contributed by atoms with Crippen LogP contribution in [0.3, 0.4) is 0 Å². The van der Waals surface area contributed by atoms with Crippen LogP contribution in [0.15, 0.2) is 0 Å². The van der Waals surface area contributed by atoms with Crippen molar-refractivity contribution in [3.8, 4) is 0 Å². The van der Waals surface area contributed by atoms with Crippen molar-refractivity contribution < 1.29 is 22.5 Å². The molecule has 0 aromatic rings. The van der Waals surface area contributed by atoms with Crippen LogP contribution >= 0.6 is 0 Å². The Hall–Kier alpha value is -0.820. The second-order valence-corrected chi connectivity index (χ2v) is 7.82. The molecule has 0 bridgehead atoms. The quantitative estimate of drug-likeness (QED) is 0.802. The summed E-state index contributed by atoms with van der Waals surface area (Å²) in [5.74, 6) is -0.0976. The smallest absolute Gasteiger partial charge is 0.407 e. The molecule has 0 aromatic heterocycles. The van der Waals surface area contributed by atoms with Gasteiger partial charge in [0.1, 0.15) is 0 Å². The number of piperidine rings is 1. The van der Waals surface area contributed by atoms with Crippen LogP contribution in [0.2, 0.25) is 0 Å². The molecule has 1 aliphatic heterocycles. The first-order valence-electron chi connectivity index (χ1n) is 6.36. The molecule has 0 aliphatic carbocycles. The molecule has 1 unspecified atom stereocenters. The summed E-state index contributed by atoms with van der Waals surface area (Å²) in [6.07, 6.45) is 1.57. The standard InChI is InChI=1S/C12H23NO5S/c1-12(2,3)10-9(8-18-19(4,16)17)6-5-7-13(10)11(14)15/h9-10H,5-8H2,1-4H3,(H,14,15)/t9-,10?/m1/s1.